The van der Waals surface area contributed by atoms with Crippen LogP contribution >= 0.6 is 0 Å². The molecule has 6 nitrogen and oxygen atoms in total. The van der Waals surface area contributed by atoms with Crippen molar-refractivity contribution in [3.05, 3.63) is 59.2 Å². The number of anilines is 2. The second kappa shape index (κ2) is 10.7. The van der Waals surface area contributed by atoms with Crippen LogP contribution in [0.3, 0.4) is 0 Å². The van der Waals surface area contributed by atoms with Gasteiger partial charge in [-0.05, 0) is 69.0 Å². The van der Waals surface area contributed by atoms with Crippen molar-refractivity contribution in [2.75, 3.05) is 28.6 Å². The number of nitrogens with one attached hydrogen (secondary N) is 1. The molecule has 1 atom stereocenters. The van der Waals surface area contributed by atoms with E-state index < -0.39 is 16.1 Å². The zero-order valence-corrected chi connectivity index (χ0v) is 20.3. The molecular weight excluding hydrogens is 410 g/mol. The predicted molar refractivity (Wildman–Crippen MR) is 129 cm³/mol. The molecule has 2 rings (SSSR count). The van der Waals surface area contributed by atoms with Crippen LogP contribution in [0, 0.1) is 13.8 Å². The summed E-state index contributed by atoms with van der Waals surface area (Å²) in [6.07, 6.45) is 1.52. The van der Waals surface area contributed by atoms with Crippen molar-refractivity contribution in [3.63, 3.8) is 0 Å². The van der Waals surface area contributed by atoms with Gasteiger partial charge >= 0.3 is 0 Å². The van der Waals surface area contributed by atoms with Crippen molar-refractivity contribution in [3.8, 4) is 0 Å². The molecule has 0 aliphatic heterocycles. The van der Waals surface area contributed by atoms with Crippen molar-refractivity contribution >= 4 is 27.3 Å². The molecule has 1 amide bonds. The van der Waals surface area contributed by atoms with E-state index >= 15 is 0 Å². The van der Waals surface area contributed by atoms with Gasteiger partial charge in [0.25, 0.3) is 0 Å². The lowest BCUT2D eigenvalue weighted by Crippen LogP contribution is -2.49. The summed E-state index contributed by atoms with van der Waals surface area (Å²) in [7, 11) is -3.65. The lowest BCUT2D eigenvalue weighted by molar-refractivity contribution is -0.122. The molecule has 0 radical (unpaired) electrons. The Kier molecular flexibility index (Phi) is 8.51. The Balaban J connectivity index is 2.21. The average Bonchev–Trinajstić information content (AvgIpc) is 2.73. The van der Waals surface area contributed by atoms with Crippen LogP contribution in [-0.4, -0.2) is 39.7 Å². The lowest BCUT2D eigenvalue weighted by Gasteiger charge is -2.31. The molecule has 0 fully saturated rings. The highest BCUT2D eigenvalue weighted by Gasteiger charge is 2.32. The van der Waals surface area contributed by atoms with E-state index in [2.05, 4.69) is 24.1 Å². The second-order valence-electron chi connectivity index (χ2n) is 7.83. The van der Waals surface area contributed by atoms with Crippen molar-refractivity contribution < 1.29 is 13.2 Å². The minimum atomic E-state index is -3.65. The Hall–Kier alpha value is -2.54. The quantitative estimate of drug-likeness (QED) is 0.600. The van der Waals surface area contributed by atoms with Crippen molar-refractivity contribution in [1.29, 1.82) is 0 Å². The Bertz CT molecular complexity index is 984. The fourth-order valence-electron chi connectivity index (χ4n) is 3.71. The number of nitrogens with zero attached hydrogens (tertiary/aromatic N) is 2. The molecule has 0 aromatic heterocycles. The molecule has 0 aliphatic rings. The summed E-state index contributed by atoms with van der Waals surface area (Å²) in [4.78, 5) is 15.3. The van der Waals surface area contributed by atoms with Gasteiger partial charge in [-0.1, -0.05) is 31.2 Å². The summed E-state index contributed by atoms with van der Waals surface area (Å²) in [5.41, 5.74) is 4.42. The molecule has 2 aromatic carbocycles. The zero-order valence-electron chi connectivity index (χ0n) is 19.5. The molecule has 0 unspecified atom stereocenters. The standard InChI is InChI=1S/C24H35N3O3S/c1-7-22(27(31(6,29)30)23-16-18(4)10-11-19(23)5)24(28)25-17-20-12-14-21(15-13-20)26(8-2)9-3/h10-16,22H,7-9,17H2,1-6H3,(H,25,28)/t22-/m1/s1. The van der Waals surface area contributed by atoms with Crippen molar-refractivity contribution in [2.24, 2.45) is 0 Å². The lowest BCUT2D eigenvalue weighted by atomic mass is 10.1. The maximum atomic E-state index is 13.0. The molecule has 0 bridgehead atoms. The Morgan fingerprint density at radius 2 is 1.61 bits per heavy atom. The number of carbonyl (C=O) groups is 1. The van der Waals surface area contributed by atoms with Gasteiger partial charge in [0.1, 0.15) is 6.04 Å². The number of sulfonamides is 1. The number of aryl methyl sites for hydroxylation is 2. The van der Waals surface area contributed by atoms with Crippen LogP contribution in [0.5, 0.6) is 0 Å². The minimum absolute atomic E-state index is 0.304. The maximum absolute atomic E-state index is 13.0. The van der Waals surface area contributed by atoms with E-state index in [0.29, 0.717) is 18.7 Å². The molecule has 2 aromatic rings. The third kappa shape index (κ3) is 6.23. The molecule has 0 heterocycles. The molecule has 31 heavy (non-hydrogen) atoms. The van der Waals surface area contributed by atoms with Gasteiger partial charge in [-0.25, -0.2) is 8.42 Å². The number of amides is 1. The van der Waals surface area contributed by atoms with Gasteiger partial charge in [-0.15, -0.1) is 0 Å². The highest BCUT2D eigenvalue weighted by Crippen LogP contribution is 2.27. The number of hydrogen-bond acceptors (Lipinski definition) is 4. The van der Waals surface area contributed by atoms with Crippen LogP contribution in [0.4, 0.5) is 11.4 Å². The third-order valence-electron chi connectivity index (χ3n) is 5.46. The van der Waals surface area contributed by atoms with E-state index in [4.69, 9.17) is 0 Å². The molecule has 7 heteroatoms. The summed E-state index contributed by atoms with van der Waals surface area (Å²) in [6, 6.07) is 12.9. The van der Waals surface area contributed by atoms with Crippen molar-refractivity contribution in [2.45, 2.75) is 53.6 Å². The Morgan fingerprint density at radius 3 is 2.13 bits per heavy atom. The normalized spacial score (nSPS) is 12.3. The first kappa shape index (κ1) is 24.7. The van der Waals surface area contributed by atoms with E-state index in [1.165, 1.54) is 4.31 Å². The number of hydrogen-bond donors (Lipinski definition) is 1. The Labute approximate surface area is 187 Å². The number of benzene rings is 2. The monoisotopic (exact) mass is 445 g/mol. The molecule has 0 spiro atoms. The summed E-state index contributed by atoms with van der Waals surface area (Å²) in [5, 5.41) is 2.92. The first-order valence-corrected chi connectivity index (χ1v) is 12.6. The smallest absolute Gasteiger partial charge is 0.244 e. The van der Waals surface area contributed by atoms with E-state index in [1.54, 1.807) is 0 Å². The second-order valence-corrected chi connectivity index (χ2v) is 9.69. The van der Waals surface area contributed by atoms with Crippen LogP contribution < -0.4 is 14.5 Å². The Morgan fingerprint density at radius 1 is 1.00 bits per heavy atom. The molecule has 1 N–H and O–H groups in total. The van der Waals surface area contributed by atoms with Gasteiger partial charge in [0.15, 0.2) is 0 Å². The van der Waals surface area contributed by atoms with E-state index in [0.717, 1.165) is 41.7 Å². The summed E-state index contributed by atoms with van der Waals surface area (Å²) < 4.78 is 26.6. The largest absolute Gasteiger partial charge is 0.372 e. The maximum Gasteiger partial charge on any atom is 0.244 e. The predicted octanol–water partition coefficient (Wildman–Crippen LogP) is 4.01. The average molecular weight is 446 g/mol. The number of rotatable bonds is 10. The van der Waals surface area contributed by atoms with Gasteiger partial charge in [0.2, 0.25) is 15.9 Å². The fourth-order valence-corrected chi connectivity index (χ4v) is 4.97. The third-order valence-corrected chi connectivity index (χ3v) is 6.63. The van der Waals surface area contributed by atoms with E-state index in [9.17, 15) is 13.2 Å². The van der Waals surface area contributed by atoms with Gasteiger partial charge in [0, 0.05) is 25.3 Å². The topological polar surface area (TPSA) is 69.7 Å². The molecule has 0 saturated carbocycles. The molecule has 0 saturated heterocycles. The first-order valence-electron chi connectivity index (χ1n) is 10.8. The number of carbonyl (C=O) groups excluding carboxylic acids is 1. The van der Waals surface area contributed by atoms with Crippen LogP contribution in [-0.2, 0) is 21.4 Å². The van der Waals surface area contributed by atoms with Gasteiger partial charge in [-0.2, -0.15) is 0 Å². The van der Waals surface area contributed by atoms with Crippen LogP contribution in [0.15, 0.2) is 42.5 Å². The first-order chi connectivity index (χ1) is 14.6. The summed E-state index contributed by atoms with van der Waals surface area (Å²) in [6.45, 7) is 12.0. The highest BCUT2D eigenvalue weighted by molar-refractivity contribution is 7.92. The van der Waals surface area contributed by atoms with Crippen LogP contribution in [0.25, 0.3) is 0 Å². The van der Waals surface area contributed by atoms with Gasteiger partial charge in [-0.3, -0.25) is 9.10 Å². The molecule has 170 valence electrons. The van der Waals surface area contributed by atoms with E-state index in [-0.39, 0.29) is 5.91 Å². The summed E-state index contributed by atoms with van der Waals surface area (Å²) >= 11 is 0. The highest BCUT2D eigenvalue weighted by atomic mass is 32.2. The van der Waals surface area contributed by atoms with Crippen LogP contribution in [0.2, 0.25) is 0 Å². The zero-order chi connectivity index (χ0) is 23.2. The molecule has 0 aliphatic carbocycles. The van der Waals surface area contributed by atoms with Gasteiger partial charge in [0.05, 0.1) is 11.9 Å². The fraction of sp³-hybridized carbons (Fsp3) is 0.458. The van der Waals surface area contributed by atoms with Crippen LogP contribution in [0.1, 0.15) is 43.9 Å². The molecular formula is C24H35N3O3S. The van der Waals surface area contributed by atoms with Crippen molar-refractivity contribution in [1.82, 2.24) is 5.32 Å². The SMILES string of the molecule is CC[C@H](C(=O)NCc1ccc(N(CC)CC)cc1)N(c1cc(C)ccc1C)S(C)(=O)=O. The minimum Gasteiger partial charge on any atom is -0.372 e. The van der Waals surface area contributed by atoms with Gasteiger partial charge < -0.3 is 10.2 Å². The van der Waals surface area contributed by atoms with E-state index in [1.807, 2.05) is 63.2 Å². The summed E-state index contributed by atoms with van der Waals surface area (Å²) in [5.74, 6) is -0.304.